The highest BCUT2D eigenvalue weighted by molar-refractivity contribution is 7.86. The van der Waals surface area contributed by atoms with Crippen molar-refractivity contribution in [1.82, 2.24) is 4.57 Å². The van der Waals surface area contributed by atoms with Crippen molar-refractivity contribution < 1.29 is 14.0 Å². The van der Waals surface area contributed by atoms with Gasteiger partial charge in [-0.2, -0.15) is 0 Å². The van der Waals surface area contributed by atoms with E-state index in [0.29, 0.717) is 38.9 Å². The van der Waals surface area contributed by atoms with Crippen LogP contribution in [-0.4, -0.2) is 4.57 Å². The molecule has 4 nitrogen and oxygen atoms in total. The standard InChI is InChI=1S/C36H22NO3P/c38-41-34-16-8-6-14-30(34)39-32-21-24(22-33(36(32)41)40-31-15-7-9-17-35(31)41)23-18-19-27-26-12-4-5-13-28(26)37(29(27)20-23)25-10-2-1-3-11-25/h1-22H. The minimum absolute atomic E-state index is 0.581. The molecule has 6 aromatic carbocycles. The number of fused-ring (bicyclic) bond motifs is 7. The molecular formula is C36H22NO3P. The average molecular weight is 548 g/mol. The van der Waals surface area contributed by atoms with Gasteiger partial charge < -0.3 is 18.6 Å². The molecule has 2 aliphatic heterocycles. The Labute approximate surface area is 236 Å². The first-order valence-corrected chi connectivity index (χ1v) is 15.3. The van der Waals surface area contributed by atoms with E-state index in [4.69, 9.17) is 9.47 Å². The number of hydrogen-bond acceptors (Lipinski definition) is 3. The molecule has 9 rings (SSSR count). The number of para-hydroxylation sites is 4. The number of benzene rings is 6. The van der Waals surface area contributed by atoms with Gasteiger partial charge in [0, 0.05) is 16.5 Å². The highest BCUT2D eigenvalue weighted by Crippen LogP contribution is 2.58. The van der Waals surface area contributed by atoms with E-state index in [9.17, 15) is 0 Å². The second kappa shape index (κ2) is 8.23. The molecule has 0 atom stereocenters. The number of nitrogens with zero attached hydrogens (tertiary/aromatic N) is 1. The molecule has 41 heavy (non-hydrogen) atoms. The molecule has 0 N–H and O–H groups in total. The van der Waals surface area contributed by atoms with Crippen molar-refractivity contribution in [2.75, 3.05) is 0 Å². The summed E-state index contributed by atoms with van der Waals surface area (Å²) in [5.74, 6) is 2.42. The van der Waals surface area contributed by atoms with Crippen molar-refractivity contribution in [3.05, 3.63) is 133 Å². The largest absolute Gasteiger partial charge is 0.456 e. The van der Waals surface area contributed by atoms with Crippen LogP contribution in [0.3, 0.4) is 0 Å². The lowest BCUT2D eigenvalue weighted by molar-refractivity contribution is 0.462. The number of hydrogen-bond donors (Lipinski definition) is 0. The molecule has 0 unspecified atom stereocenters. The maximum atomic E-state index is 15.1. The van der Waals surface area contributed by atoms with Crippen molar-refractivity contribution in [2.45, 2.75) is 0 Å². The monoisotopic (exact) mass is 547 g/mol. The second-order valence-corrected chi connectivity index (χ2v) is 13.1. The Hall–Kier alpha value is -5.05. The van der Waals surface area contributed by atoms with Gasteiger partial charge in [0.05, 0.1) is 21.6 Å². The maximum absolute atomic E-state index is 15.1. The first-order chi connectivity index (χ1) is 20.2. The Bertz CT molecular complexity index is 2180. The fourth-order valence-electron chi connectivity index (χ4n) is 6.44. The molecule has 0 spiro atoms. The van der Waals surface area contributed by atoms with Crippen LogP contribution in [0.4, 0.5) is 0 Å². The summed E-state index contributed by atoms with van der Waals surface area (Å²) in [6, 6.07) is 44.8. The summed E-state index contributed by atoms with van der Waals surface area (Å²) in [4.78, 5) is 0. The molecular weight excluding hydrogens is 525 g/mol. The van der Waals surface area contributed by atoms with E-state index in [1.165, 1.54) is 10.8 Å². The van der Waals surface area contributed by atoms with E-state index in [1.807, 2.05) is 66.7 Å². The van der Waals surface area contributed by atoms with Gasteiger partial charge in [0.15, 0.2) is 7.14 Å². The van der Waals surface area contributed by atoms with Crippen LogP contribution in [-0.2, 0) is 4.57 Å². The van der Waals surface area contributed by atoms with Crippen LogP contribution in [0.5, 0.6) is 23.0 Å². The molecule has 0 bridgehead atoms. The Morgan fingerprint density at radius 2 is 1.07 bits per heavy atom. The normalized spacial score (nSPS) is 14.0. The Balaban J connectivity index is 1.30. The smallest absolute Gasteiger partial charge is 0.185 e. The van der Waals surface area contributed by atoms with Crippen molar-refractivity contribution in [2.24, 2.45) is 0 Å². The highest BCUT2D eigenvalue weighted by Gasteiger charge is 2.46. The summed E-state index contributed by atoms with van der Waals surface area (Å²) in [5, 5.41) is 4.46. The molecule has 0 fully saturated rings. The summed E-state index contributed by atoms with van der Waals surface area (Å²) in [5.41, 5.74) is 5.35. The SMILES string of the molecule is O=P12c3ccccc3Oc3cc(-c4ccc5c6ccccc6n(-c6ccccc6)c5c4)cc(c31)Oc1ccccc12. The zero-order valence-electron chi connectivity index (χ0n) is 21.8. The van der Waals surface area contributed by atoms with Crippen molar-refractivity contribution >= 4 is 44.9 Å². The molecule has 2 aliphatic rings. The van der Waals surface area contributed by atoms with Gasteiger partial charge in [-0.25, -0.2) is 0 Å². The van der Waals surface area contributed by atoms with Crippen molar-refractivity contribution in [1.29, 1.82) is 0 Å². The van der Waals surface area contributed by atoms with Crippen LogP contribution in [0, 0.1) is 0 Å². The first kappa shape index (κ1) is 22.7. The van der Waals surface area contributed by atoms with Gasteiger partial charge in [0.25, 0.3) is 0 Å². The lowest BCUT2D eigenvalue weighted by Gasteiger charge is -2.34. The maximum Gasteiger partial charge on any atom is 0.185 e. The van der Waals surface area contributed by atoms with E-state index < -0.39 is 7.14 Å². The molecule has 3 heterocycles. The summed E-state index contributed by atoms with van der Waals surface area (Å²) >= 11 is 0. The Morgan fingerprint density at radius 3 is 1.78 bits per heavy atom. The summed E-state index contributed by atoms with van der Waals surface area (Å²) in [6.07, 6.45) is 0. The van der Waals surface area contributed by atoms with Crippen LogP contribution in [0.15, 0.2) is 133 Å². The van der Waals surface area contributed by atoms with E-state index in [2.05, 4.69) is 71.3 Å². The topological polar surface area (TPSA) is 40.5 Å². The van der Waals surface area contributed by atoms with E-state index >= 15 is 4.57 Å². The van der Waals surface area contributed by atoms with Gasteiger partial charge in [-0.05, 0) is 71.8 Å². The zero-order valence-corrected chi connectivity index (χ0v) is 22.7. The fourth-order valence-corrected chi connectivity index (χ4v) is 9.47. The van der Waals surface area contributed by atoms with Gasteiger partial charge >= 0.3 is 0 Å². The number of rotatable bonds is 2. The Kier molecular flexibility index (Phi) is 4.57. The van der Waals surface area contributed by atoms with Gasteiger partial charge in [-0.1, -0.05) is 72.8 Å². The third-order valence-corrected chi connectivity index (χ3v) is 11.4. The third kappa shape index (κ3) is 3.08. The summed E-state index contributed by atoms with van der Waals surface area (Å²) < 4.78 is 30.3. The molecule has 1 aromatic heterocycles. The van der Waals surface area contributed by atoms with Crippen LogP contribution in [0.2, 0.25) is 0 Å². The summed E-state index contributed by atoms with van der Waals surface area (Å²) in [7, 11) is -3.19. The molecule has 0 radical (unpaired) electrons. The molecule has 5 heteroatoms. The van der Waals surface area contributed by atoms with Crippen LogP contribution in [0.25, 0.3) is 38.6 Å². The van der Waals surface area contributed by atoms with Crippen LogP contribution in [0.1, 0.15) is 0 Å². The third-order valence-electron chi connectivity index (χ3n) is 8.23. The minimum atomic E-state index is -3.19. The average Bonchev–Trinajstić information content (AvgIpc) is 3.35. The van der Waals surface area contributed by atoms with Crippen molar-refractivity contribution in [3.8, 4) is 39.8 Å². The predicted octanol–water partition coefficient (Wildman–Crippen LogP) is 8.30. The Morgan fingerprint density at radius 1 is 0.488 bits per heavy atom. The van der Waals surface area contributed by atoms with Gasteiger partial charge in [0.1, 0.15) is 28.3 Å². The lowest BCUT2D eigenvalue weighted by atomic mass is 10.0. The zero-order chi connectivity index (χ0) is 27.1. The lowest BCUT2D eigenvalue weighted by Crippen LogP contribution is -2.35. The second-order valence-electron chi connectivity index (χ2n) is 10.5. The van der Waals surface area contributed by atoms with E-state index in [-0.39, 0.29) is 0 Å². The quantitative estimate of drug-likeness (QED) is 0.205. The molecule has 0 amide bonds. The van der Waals surface area contributed by atoms with Crippen LogP contribution >= 0.6 is 7.14 Å². The molecule has 0 saturated heterocycles. The van der Waals surface area contributed by atoms with Gasteiger partial charge in [0.2, 0.25) is 0 Å². The molecule has 0 aliphatic carbocycles. The summed E-state index contributed by atoms with van der Waals surface area (Å²) in [6.45, 7) is 0. The van der Waals surface area contributed by atoms with Crippen LogP contribution < -0.4 is 25.4 Å². The predicted molar refractivity (Wildman–Crippen MR) is 166 cm³/mol. The number of aromatic nitrogens is 1. The fraction of sp³-hybridized carbons (Fsp3) is 0. The minimum Gasteiger partial charge on any atom is -0.456 e. The number of ether oxygens (including phenoxy) is 2. The van der Waals surface area contributed by atoms with Gasteiger partial charge in [-0.15, -0.1) is 0 Å². The molecule has 194 valence electrons. The molecule has 0 saturated carbocycles. The van der Waals surface area contributed by atoms with Crippen molar-refractivity contribution in [3.63, 3.8) is 0 Å². The molecule has 7 aromatic rings. The highest BCUT2D eigenvalue weighted by atomic mass is 31.2. The van der Waals surface area contributed by atoms with E-state index in [1.54, 1.807) is 0 Å². The van der Waals surface area contributed by atoms with E-state index in [0.717, 1.165) is 27.8 Å². The van der Waals surface area contributed by atoms with Gasteiger partial charge in [-0.3, -0.25) is 0 Å². The first-order valence-electron chi connectivity index (χ1n) is 13.6.